The van der Waals surface area contributed by atoms with Crippen LogP contribution in [-0.4, -0.2) is 10.9 Å². The molecule has 0 radical (unpaired) electrons. The molecule has 0 spiro atoms. The second-order valence-corrected chi connectivity index (χ2v) is 4.23. The summed E-state index contributed by atoms with van der Waals surface area (Å²) in [6.45, 7) is 1.99. The van der Waals surface area contributed by atoms with Crippen LogP contribution in [0.5, 0.6) is 0 Å². The first-order valence-corrected chi connectivity index (χ1v) is 5.48. The van der Waals surface area contributed by atoms with Gasteiger partial charge in [-0.3, -0.25) is 4.79 Å². The number of carbonyl (C=O) groups is 1. The summed E-state index contributed by atoms with van der Waals surface area (Å²) in [7, 11) is 0. The predicted octanol–water partition coefficient (Wildman–Crippen LogP) is 2.81. The summed E-state index contributed by atoms with van der Waals surface area (Å²) >= 11 is 5.94. The summed E-state index contributed by atoms with van der Waals surface area (Å²) in [5, 5.41) is 0.449. The second kappa shape index (κ2) is 4.55. The van der Waals surface area contributed by atoms with Gasteiger partial charge in [0.05, 0.1) is 5.69 Å². The molecule has 1 amide bonds. The number of amides is 1. The molecule has 0 aliphatic carbocycles. The number of rotatable bonds is 2. The predicted molar refractivity (Wildman–Crippen MR) is 67.9 cm³/mol. The third-order valence-corrected chi connectivity index (χ3v) is 2.57. The topological polar surface area (TPSA) is 56.0 Å². The lowest BCUT2D eigenvalue weighted by Crippen LogP contribution is -2.13. The molecule has 1 heterocycles. The first-order chi connectivity index (χ1) is 8.06. The molecule has 0 saturated heterocycles. The average molecular weight is 247 g/mol. The molecule has 2 rings (SSSR count). The zero-order valence-corrected chi connectivity index (χ0v) is 10.0. The third kappa shape index (κ3) is 2.63. The monoisotopic (exact) mass is 246 g/mol. The molecule has 86 valence electrons. The molecule has 0 aliphatic rings. The molecular formula is C13H11ClN2O. The van der Waals surface area contributed by atoms with Crippen molar-refractivity contribution < 1.29 is 4.79 Å². The van der Waals surface area contributed by atoms with Gasteiger partial charge in [-0.1, -0.05) is 35.4 Å². The number of aromatic nitrogens is 1. The minimum absolute atomic E-state index is 0.175. The molecule has 0 bridgehead atoms. The van der Waals surface area contributed by atoms with Crippen LogP contribution < -0.4 is 5.73 Å². The van der Waals surface area contributed by atoms with Crippen LogP contribution in [0.15, 0.2) is 36.4 Å². The van der Waals surface area contributed by atoms with Crippen LogP contribution in [0, 0.1) is 6.92 Å². The maximum Gasteiger partial charge on any atom is 0.267 e. The Balaban J connectivity index is 2.56. The highest BCUT2D eigenvalue weighted by atomic mass is 35.5. The zero-order chi connectivity index (χ0) is 12.4. The highest BCUT2D eigenvalue weighted by Crippen LogP contribution is 2.22. The molecule has 2 aromatic rings. The minimum Gasteiger partial charge on any atom is -0.364 e. The van der Waals surface area contributed by atoms with Crippen molar-refractivity contribution in [2.24, 2.45) is 5.73 Å². The van der Waals surface area contributed by atoms with Gasteiger partial charge in [0.1, 0.15) is 5.69 Å². The fraction of sp³-hybridized carbons (Fsp3) is 0.0769. The number of hydrogen-bond donors (Lipinski definition) is 1. The Morgan fingerprint density at radius 3 is 2.71 bits per heavy atom. The SMILES string of the molecule is Cc1cccc(-c2cc(Cl)cc(C(N)=O)n2)c1. The van der Waals surface area contributed by atoms with Gasteiger partial charge in [-0.2, -0.15) is 0 Å². The molecule has 0 atom stereocenters. The first-order valence-electron chi connectivity index (χ1n) is 5.11. The quantitative estimate of drug-likeness (QED) is 0.886. The van der Waals surface area contributed by atoms with E-state index < -0.39 is 5.91 Å². The van der Waals surface area contributed by atoms with Gasteiger partial charge in [0, 0.05) is 10.6 Å². The number of pyridine rings is 1. The van der Waals surface area contributed by atoms with Crippen LogP contribution >= 0.6 is 11.6 Å². The van der Waals surface area contributed by atoms with E-state index in [1.54, 1.807) is 6.07 Å². The van der Waals surface area contributed by atoms with Crippen molar-refractivity contribution in [3.8, 4) is 11.3 Å². The van der Waals surface area contributed by atoms with Crippen molar-refractivity contribution in [3.05, 3.63) is 52.7 Å². The van der Waals surface area contributed by atoms with Crippen molar-refractivity contribution >= 4 is 17.5 Å². The van der Waals surface area contributed by atoms with Gasteiger partial charge in [0.2, 0.25) is 0 Å². The number of nitrogens with two attached hydrogens (primary N) is 1. The van der Waals surface area contributed by atoms with E-state index >= 15 is 0 Å². The number of carbonyl (C=O) groups excluding carboxylic acids is 1. The van der Waals surface area contributed by atoms with Gasteiger partial charge >= 0.3 is 0 Å². The van der Waals surface area contributed by atoms with Crippen LogP contribution in [0.1, 0.15) is 16.1 Å². The first kappa shape index (κ1) is 11.6. The Kier molecular flexibility index (Phi) is 3.11. The fourth-order valence-electron chi connectivity index (χ4n) is 1.58. The lowest BCUT2D eigenvalue weighted by Gasteiger charge is -2.04. The van der Waals surface area contributed by atoms with Crippen LogP contribution in [0.4, 0.5) is 0 Å². The summed E-state index contributed by atoms with van der Waals surface area (Å²) in [4.78, 5) is 15.3. The molecule has 4 heteroatoms. The molecule has 2 N–H and O–H groups in total. The van der Waals surface area contributed by atoms with Crippen molar-refractivity contribution in [3.63, 3.8) is 0 Å². The number of halogens is 1. The normalized spacial score (nSPS) is 10.2. The van der Waals surface area contributed by atoms with Gasteiger partial charge in [-0.25, -0.2) is 4.98 Å². The summed E-state index contributed by atoms with van der Waals surface area (Å²) in [6, 6.07) is 11.0. The summed E-state index contributed by atoms with van der Waals surface area (Å²) in [5.41, 5.74) is 8.05. The van der Waals surface area contributed by atoms with Crippen LogP contribution in [-0.2, 0) is 0 Å². The lowest BCUT2D eigenvalue weighted by molar-refractivity contribution is 0.0995. The molecule has 1 aromatic heterocycles. The Morgan fingerprint density at radius 2 is 2.06 bits per heavy atom. The van der Waals surface area contributed by atoms with Gasteiger partial charge in [-0.05, 0) is 25.1 Å². The van der Waals surface area contributed by atoms with Gasteiger partial charge in [0.25, 0.3) is 5.91 Å². The Labute approximate surface area is 104 Å². The number of nitrogens with zero attached hydrogens (tertiary/aromatic N) is 1. The van der Waals surface area contributed by atoms with Crippen LogP contribution in [0.25, 0.3) is 11.3 Å². The van der Waals surface area contributed by atoms with Gasteiger partial charge in [0.15, 0.2) is 0 Å². The molecule has 0 unspecified atom stereocenters. The van der Waals surface area contributed by atoms with E-state index in [1.807, 2.05) is 31.2 Å². The standard InChI is InChI=1S/C13H11ClN2O/c1-8-3-2-4-9(5-8)11-6-10(14)7-12(16-11)13(15)17/h2-7H,1H3,(H2,15,17). The Morgan fingerprint density at radius 1 is 1.29 bits per heavy atom. The fourth-order valence-corrected chi connectivity index (χ4v) is 1.78. The molecule has 17 heavy (non-hydrogen) atoms. The van der Waals surface area contributed by atoms with E-state index in [1.165, 1.54) is 6.07 Å². The smallest absolute Gasteiger partial charge is 0.267 e. The summed E-state index contributed by atoms with van der Waals surface area (Å²) in [5.74, 6) is -0.582. The molecule has 0 saturated carbocycles. The minimum atomic E-state index is -0.582. The van der Waals surface area contributed by atoms with Gasteiger partial charge in [-0.15, -0.1) is 0 Å². The van der Waals surface area contributed by atoms with E-state index in [2.05, 4.69) is 4.98 Å². The van der Waals surface area contributed by atoms with Crippen LogP contribution in [0.2, 0.25) is 5.02 Å². The number of primary amides is 1. The Hall–Kier alpha value is -1.87. The Bertz CT molecular complexity index is 581. The van der Waals surface area contributed by atoms with Crippen LogP contribution in [0.3, 0.4) is 0 Å². The molecule has 0 fully saturated rings. The van der Waals surface area contributed by atoms with E-state index in [9.17, 15) is 4.79 Å². The third-order valence-electron chi connectivity index (χ3n) is 2.36. The van der Waals surface area contributed by atoms with E-state index in [0.29, 0.717) is 10.7 Å². The van der Waals surface area contributed by atoms with E-state index in [-0.39, 0.29) is 5.69 Å². The highest BCUT2D eigenvalue weighted by Gasteiger charge is 2.08. The largest absolute Gasteiger partial charge is 0.364 e. The number of hydrogen-bond acceptors (Lipinski definition) is 2. The van der Waals surface area contributed by atoms with Crippen molar-refractivity contribution in [2.45, 2.75) is 6.92 Å². The van der Waals surface area contributed by atoms with Gasteiger partial charge < -0.3 is 5.73 Å². The van der Waals surface area contributed by atoms with E-state index in [4.69, 9.17) is 17.3 Å². The molecule has 1 aromatic carbocycles. The molecule has 0 aliphatic heterocycles. The van der Waals surface area contributed by atoms with E-state index in [0.717, 1.165) is 11.1 Å². The average Bonchev–Trinajstić information content (AvgIpc) is 2.28. The van der Waals surface area contributed by atoms with Crippen molar-refractivity contribution in [1.82, 2.24) is 4.98 Å². The highest BCUT2D eigenvalue weighted by molar-refractivity contribution is 6.31. The summed E-state index contributed by atoms with van der Waals surface area (Å²) in [6.07, 6.45) is 0. The zero-order valence-electron chi connectivity index (χ0n) is 9.27. The van der Waals surface area contributed by atoms with Crippen molar-refractivity contribution in [2.75, 3.05) is 0 Å². The maximum absolute atomic E-state index is 11.1. The number of benzene rings is 1. The lowest BCUT2D eigenvalue weighted by atomic mass is 10.1. The summed E-state index contributed by atoms with van der Waals surface area (Å²) < 4.78 is 0. The molecule has 3 nitrogen and oxygen atoms in total. The maximum atomic E-state index is 11.1. The number of aryl methyl sites for hydroxylation is 1. The van der Waals surface area contributed by atoms with Crippen molar-refractivity contribution in [1.29, 1.82) is 0 Å². The second-order valence-electron chi connectivity index (χ2n) is 3.79. The molecular weight excluding hydrogens is 236 g/mol.